The summed E-state index contributed by atoms with van der Waals surface area (Å²) in [5.74, 6) is 0.238. The van der Waals surface area contributed by atoms with Crippen molar-refractivity contribution in [2.45, 2.75) is 25.7 Å². The van der Waals surface area contributed by atoms with Gasteiger partial charge in [-0.1, -0.05) is 11.6 Å². The van der Waals surface area contributed by atoms with Crippen LogP contribution in [-0.4, -0.2) is 35.9 Å². The first kappa shape index (κ1) is 17.2. The Hall–Kier alpha value is -2.22. The standard InChI is InChI=1S/C18H19ClFN5O/c1-23-3-2-21-18(23)17(26)16-9-15-11-24(4-5-25(15)22-16)10-12-6-13(19)8-14(20)7-12/h2-3,6-9,17,26H,4-5,10-11H2,1H3/t17-/m0/s1. The summed E-state index contributed by atoms with van der Waals surface area (Å²) in [4.78, 5) is 6.40. The molecule has 0 radical (unpaired) electrons. The molecule has 0 amide bonds. The summed E-state index contributed by atoms with van der Waals surface area (Å²) in [7, 11) is 1.84. The molecular weight excluding hydrogens is 357 g/mol. The lowest BCUT2D eigenvalue weighted by atomic mass is 10.1. The molecule has 0 saturated heterocycles. The third-order valence-corrected chi connectivity index (χ3v) is 4.83. The van der Waals surface area contributed by atoms with Gasteiger partial charge in [0.2, 0.25) is 0 Å². The van der Waals surface area contributed by atoms with Crippen molar-refractivity contribution in [3.8, 4) is 0 Å². The van der Waals surface area contributed by atoms with E-state index in [4.69, 9.17) is 11.6 Å². The predicted octanol–water partition coefficient (Wildman–Crippen LogP) is 2.51. The van der Waals surface area contributed by atoms with Crippen molar-refractivity contribution in [2.24, 2.45) is 7.05 Å². The smallest absolute Gasteiger partial charge is 0.155 e. The Morgan fingerprint density at radius 2 is 2.12 bits per heavy atom. The minimum atomic E-state index is -0.858. The number of aryl methyl sites for hydroxylation is 1. The topological polar surface area (TPSA) is 59.1 Å². The first-order valence-corrected chi connectivity index (χ1v) is 8.76. The number of fused-ring (bicyclic) bond motifs is 1. The highest BCUT2D eigenvalue weighted by Gasteiger charge is 2.23. The van der Waals surface area contributed by atoms with Crippen molar-refractivity contribution in [3.05, 3.63) is 70.3 Å². The fourth-order valence-electron chi connectivity index (χ4n) is 3.34. The molecule has 1 atom stereocenters. The van der Waals surface area contributed by atoms with Gasteiger partial charge in [0.05, 0.1) is 17.9 Å². The number of benzene rings is 1. The van der Waals surface area contributed by atoms with Gasteiger partial charge in [-0.2, -0.15) is 5.10 Å². The van der Waals surface area contributed by atoms with Gasteiger partial charge in [-0.15, -0.1) is 0 Å². The van der Waals surface area contributed by atoms with E-state index in [-0.39, 0.29) is 5.82 Å². The highest BCUT2D eigenvalue weighted by Crippen LogP contribution is 2.24. The molecule has 0 aliphatic carbocycles. The van der Waals surface area contributed by atoms with Crippen molar-refractivity contribution in [1.82, 2.24) is 24.2 Å². The van der Waals surface area contributed by atoms with Crippen LogP contribution in [0.3, 0.4) is 0 Å². The monoisotopic (exact) mass is 375 g/mol. The van der Waals surface area contributed by atoms with E-state index in [1.54, 1.807) is 23.0 Å². The lowest BCUT2D eigenvalue weighted by molar-refractivity contribution is 0.194. The van der Waals surface area contributed by atoms with Crippen molar-refractivity contribution >= 4 is 11.6 Å². The van der Waals surface area contributed by atoms with Crippen LogP contribution in [0.2, 0.25) is 5.02 Å². The first-order valence-electron chi connectivity index (χ1n) is 8.39. The van der Waals surface area contributed by atoms with Crippen LogP contribution in [0.4, 0.5) is 4.39 Å². The second kappa shape index (κ2) is 6.83. The average Bonchev–Trinajstić information content (AvgIpc) is 3.19. The van der Waals surface area contributed by atoms with Gasteiger partial charge in [-0.25, -0.2) is 9.37 Å². The summed E-state index contributed by atoms with van der Waals surface area (Å²) in [5.41, 5.74) is 2.45. The lowest BCUT2D eigenvalue weighted by Gasteiger charge is -2.27. The Kier molecular flexibility index (Phi) is 4.52. The van der Waals surface area contributed by atoms with E-state index < -0.39 is 6.10 Å². The van der Waals surface area contributed by atoms with E-state index in [1.807, 2.05) is 17.8 Å². The van der Waals surface area contributed by atoms with Crippen LogP contribution < -0.4 is 0 Å². The second-order valence-corrected chi connectivity index (χ2v) is 7.01. The first-order chi connectivity index (χ1) is 12.5. The van der Waals surface area contributed by atoms with Gasteiger partial charge in [0.15, 0.2) is 6.10 Å². The van der Waals surface area contributed by atoms with E-state index in [2.05, 4.69) is 15.0 Å². The van der Waals surface area contributed by atoms with Gasteiger partial charge in [0.25, 0.3) is 0 Å². The Bertz CT molecular complexity index is 917. The molecule has 0 unspecified atom stereocenters. The van der Waals surface area contributed by atoms with Crippen molar-refractivity contribution in [1.29, 1.82) is 0 Å². The van der Waals surface area contributed by atoms with Crippen LogP contribution in [0.15, 0.2) is 36.7 Å². The minimum absolute atomic E-state index is 0.324. The van der Waals surface area contributed by atoms with Gasteiger partial charge in [0, 0.05) is 44.1 Å². The van der Waals surface area contributed by atoms with Crippen molar-refractivity contribution in [2.75, 3.05) is 6.54 Å². The fraction of sp³-hybridized carbons (Fsp3) is 0.333. The number of nitrogens with zero attached hydrogens (tertiary/aromatic N) is 5. The number of halogens is 2. The Morgan fingerprint density at radius 3 is 2.85 bits per heavy atom. The van der Waals surface area contributed by atoms with Crippen molar-refractivity contribution < 1.29 is 9.50 Å². The molecule has 6 nitrogen and oxygen atoms in total. The van der Waals surface area contributed by atoms with Crippen LogP contribution in [0.1, 0.15) is 28.9 Å². The van der Waals surface area contributed by atoms with E-state index >= 15 is 0 Å². The Morgan fingerprint density at radius 1 is 1.27 bits per heavy atom. The maximum Gasteiger partial charge on any atom is 0.155 e. The summed E-state index contributed by atoms with van der Waals surface area (Å²) >= 11 is 5.94. The molecule has 0 spiro atoms. The SMILES string of the molecule is Cn1ccnc1[C@@H](O)c1cc2n(n1)CCN(Cc1cc(F)cc(Cl)c1)C2. The molecule has 1 aliphatic rings. The van der Waals surface area contributed by atoms with E-state index in [9.17, 15) is 9.50 Å². The van der Waals surface area contributed by atoms with E-state index in [0.717, 1.165) is 17.8 Å². The van der Waals surface area contributed by atoms with Crippen molar-refractivity contribution in [3.63, 3.8) is 0 Å². The highest BCUT2D eigenvalue weighted by atomic mass is 35.5. The maximum atomic E-state index is 13.5. The fourth-order valence-corrected chi connectivity index (χ4v) is 3.59. The summed E-state index contributed by atoms with van der Waals surface area (Å²) in [5, 5.41) is 15.5. The number of imidazole rings is 1. The van der Waals surface area contributed by atoms with Gasteiger partial charge >= 0.3 is 0 Å². The second-order valence-electron chi connectivity index (χ2n) is 6.57. The average molecular weight is 376 g/mol. The number of rotatable bonds is 4. The molecule has 0 bridgehead atoms. The zero-order chi connectivity index (χ0) is 18.3. The molecule has 1 N–H and O–H groups in total. The lowest BCUT2D eigenvalue weighted by Crippen LogP contribution is -2.33. The number of aromatic nitrogens is 4. The molecule has 1 aromatic carbocycles. The third-order valence-electron chi connectivity index (χ3n) is 4.61. The van der Waals surface area contributed by atoms with E-state index in [0.29, 0.717) is 36.2 Å². The Balaban J connectivity index is 1.50. The summed E-state index contributed by atoms with van der Waals surface area (Å²) < 4.78 is 17.2. The van der Waals surface area contributed by atoms with Gasteiger partial charge < -0.3 is 9.67 Å². The Labute approximate surface area is 155 Å². The number of hydrogen-bond acceptors (Lipinski definition) is 4. The van der Waals surface area contributed by atoms with Crippen LogP contribution in [0.25, 0.3) is 0 Å². The molecule has 8 heteroatoms. The number of hydrogen-bond donors (Lipinski definition) is 1. The van der Waals surface area contributed by atoms with Gasteiger partial charge in [0.1, 0.15) is 11.6 Å². The molecule has 136 valence electrons. The highest BCUT2D eigenvalue weighted by molar-refractivity contribution is 6.30. The molecular formula is C18H19ClFN5O. The third kappa shape index (κ3) is 3.38. The molecule has 2 aromatic heterocycles. The normalized spacial score (nSPS) is 15.8. The summed E-state index contributed by atoms with van der Waals surface area (Å²) in [6.45, 7) is 2.79. The summed E-state index contributed by atoms with van der Waals surface area (Å²) in [6, 6.07) is 6.51. The molecule has 3 heterocycles. The van der Waals surface area contributed by atoms with Crippen LogP contribution >= 0.6 is 11.6 Å². The summed E-state index contributed by atoms with van der Waals surface area (Å²) in [6.07, 6.45) is 2.59. The van der Waals surface area contributed by atoms with Crippen LogP contribution in [0.5, 0.6) is 0 Å². The molecule has 0 fully saturated rings. The predicted molar refractivity (Wildman–Crippen MR) is 95.0 cm³/mol. The van der Waals surface area contributed by atoms with E-state index in [1.165, 1.54) is 12.1 Å². The van der Waals surface area contributed by atoms with Gasteiger partial charge in [-0.3, -0.25) is 9.58 Å². The number of aliphatic hydroxyl groups is 1. The van der Waals surface area contributed by atoms with Gasteiger partial charge in [-0.05, 0) is 29.8 Å². The molecule has 0 saturated carbocycles. The quantitative estimate of drug-likeness (QED) is 0.761. The largest absolute Gasteiger partial charge is 0.379 e. The molecule has 3 aromatic rings. The molecule has 26 heavy (non-hydrogen) atoms. The van der Waals surface area contributed by atoms with Crippen LogP contribution in [0, 0.1) is 5.82 Å². The molecule has 1 aliphatic heterocycles. The number of aliphatic hydroxyl groups excluding tert-OH is 1. The molecule has 4 rings (SSSR count). The maximum absolute atomic E-state index is 13.5. The minimum Gasteiger partial charge on any atom is -0.379 e. The van der Waals surface area contributed by atoms with Crippen LogP contribution in [-0.2, 0) is 26.7 Å². The zero-order valence-electron chi connectivity index (χ0n) is 14.3. The zero-order valence-corrected chi connectivity index (χ0v) is 15.1.